The molecule has 182 valence electrons. The molecule has 1 unspecified atom stereocenters. The van der Waals surface area contributed by atoms with Gasteiger partial charge in [0.25, 0.3) is 0 Å². The van der Waals surface area contributed by atoms with Gasteiger partial charge < -0.3 is 14.4 Å². The Morgan fingerprint density at radius 1 is 0.939 bits per heavy atom. The third kappa shape index (κ3) is 5.36. The molecule has 5 rings (SSSR count). The second kappa shape index (κ2) is 10.8. The van der Waals surface area contributed by atoms with Crippen molar-refractivity contribution in [2.45, 2.75) is 50.2 Å². The molecule has 0 aromatic heterocycles. The van der Waals surface area contributed by atoms with E-state index in [2.05, 4.69) is 14.7 Å². The number of fused-ring (bicyclic) bond motifs is 1. The van der Waals surface area contributed by atoms with Crippen molar-refractivity contribution in [2.24, 2.45) is 5.92 Å². The molecule has 0 aliphatic carbocycles. The summed E-state index contributed by atoms with van der Waals surface area (Å²) >= 11 is 12.3. The third-order valence-corrected chi connectivity index (χ3v) is 8.66. The summed E-state index contributed by atoms with van der Waals surface area (Å²) in [5, 5.41) is 1.02. The van der Waals surface area contributed by atoms with Gasteiger partial charge in [0.05, 0.1) is 47.8 Å². The summed E-state index contributed by atoms with van der Waals surface area (Å²) in [6.07, 6.45) is 5.08. The Morgan fingerprint density at radius 2 is 1.70 bits per heavy atom. The lowest BCUT2D eigenvalue weighted by molar-refractivity contribution is -0.153. The Balaban J connectivity index is 1.36. The summed E-state index contributed by atoms with van der Waals surface area (Å²) in [5.41, 5.74) is 0.917. The molecule has 0 bridgehead atoms. The van der Waals surface area contributed by atoms with Gasteiger partial charge in [0, 0.05) is 32.8 Å². The lowest BCUT2D eigenvalue weighted by Crippen LogP contribution is -2.71. The number of rotatable bonds is 5. The first-order chi connectivity index (χ1) is 16.1. The van der Waals surface area contributed by atoms with Gasteiger partial charge in [-0.05, 0) is 62.4 Å². The molecule has 0 N–H and O–H groups in total. The maximum Gasteiger partial charge on any atom is 0.227 e. The Hall–Kier alpha value is -0.890. The number of hydrogen-bond acceptors (Lipinski definition) is 5. The van der Waals surface area contributed by atoms with Gasteiger partial charge in [-0.25, -0.2) is 0 Å². The molecule has 4 aliphatic rings. The van der Waals surface area contributed by atoms with Crippen LogP contribution in [0.3, 0.4) is 0 Å². The van der Waals surface area contributed by atoms with E-state index in [1.807, 2.05) is 12.1 Å². The third-order valence-electron chi connectivity index (χ3n) is 7.93. The normalized spacial score (nSPS) is 29.9. The van der Waals surface area contributed by atoms with E-state index in [0.29, 0.717) is 35.6 Å². The smallest absolute Gasteiger partial charge is 0.227 e. The van der Waals surface area contributed by atoms with Crippen molar-refractivity contribution < 1.29 is 14.3 Å². The SMILES string of the molecule is O=C(Cc1ccc(Cl)c(Cl)c1)N1CCN(CC2CCOCC2)C2COC[C@H](N3CCCC3)[C@H]21. The summed E-state index contributed by atoms with van der Waals surface area (Å²) in [6.45, 7) is 8.11. The first kappa shape index (κ1) is 23.8. The Kier molecular flexibility index (Phi) is 7.80. The van der Waals surface area contributed by atoms with Crippen LogP contribution in [0.25, 0.3) is 0 Å². The summed E-state index contributed by atoms with van der Waals surface area (Å²) in [6, 6.07) is 6.19. The molecule has 0 saturated carbocycles. The number of amides is 1. The number of piperazine rings is 1. The first-order valence-electron chi connectivity index (χ1n) is 12.5. The van der Waals surface area contributed by atoms with Gasteiger partial charge >= 0.3 is 0 Å². The van der Waals surface area contributed by atoms with Crippen molar-refractivity contribution in [3.63, 3.8) is 0 Å². The van der Waals surface area contributed by atoms with Crippen molar-refractivity contribution in [3.05, 3.63) is 33.8 Å². The highest BCUT2D eigenvalue weighted by molar-refractivity contribution is 6.42. The van der Waals surface area contributed by atoms with Gasteiger partial charge in [-0.2, -0.15) is 0 Å². The number of carbonyl (C=O) groups is 1. The van der Waals surface area contributed by atoms with Crippen LogP contribution in [0.5, 0.6) is 0 Å². The highest BCUT2D eigenvalue weighted by Crippen LogP contribution is 2.32. The molecule has 0 radical (unpaired) electrons. The van der Waals surface area contributed by atoms with Gasteiger partial charge in [-0.1, -0.05) is 29.3 Å². The number of halogens is 2. The Bertz CT molecular complexity index is 829. The zero-order valence-electron chi connectivity index (χ0n) is 19.3. The topological polar surface area (TPSA) is 45.3 Å². The molecule has 4 fully saturated rings. The maximum atomic E-state index is 13.6. The van der Waals surface area contributed by atoms with Gasteiger partial charge in [0.1, 0.15) is 0 Å². The van der Waals surface area contributed by atoms with E-state index in [9.17, 15) is 4.79 Å². The van der Waals surface area contributed by atoms with E-state index in [1.165, 1.54) is 12.8 Å². The average molecular weight is 496 g/mol. The highest BCUT2D eigenvalue weighted by atomic mass is 35.5. The fraction of sp³-hybridized carbons (Fsp3) is 0.720. The molecule has 4 heterocycles. The Labute approximate surface area is 207 Å². The molecule has 4 aliphatic heterocycles. The molecule has 6 nitrogen and oxygen atoms in total. The second-order valence-electron chi connectivity index (χ2n) is 9.97. The van der Waals surface area contributed by atoms with E-state index in [-0.39, 0.29) is 24.0 Å². The minimum absolute atomic E-state index is 0.167. The van der Waals surface area contributed by atoms with Crippen molar-refractivity contribution in [2.75, 3.05) is 59.2 Å². The van der Waals surface area contributed by atoms with Gasteiger partial charge in [-0.15, -0.1) is 0 Å². The Morgan fingerprint density at radius 3 is 2.45 bits per heavy atom. The van der Waals surface area contributed by atoms with Crippen LogP contribution in [-0.2, 0) is 20.7 Å². The number of nitrogens with zero attached hydrogens (tertiary/aromatic N) is 3. The molecule has 8 heteroatoms. The average Bonchev–Trinajstić information content (AvgIpc) is 3.37. The van der Waals surface area contributed by atoms with Crippen LogP contribution in [-0.4, -0.2) is 97.9 Å². The van der Waals surface area contributed by atoms with Crippen molar-refractivity contribution in [1.29, 1.82) is 0 Å². The van der Waals surface area contributed by atoms with Gasteiger partial charge in [0.15, 0.2) is 0 Å². The largest absolute Gasteiger partial charge is 0.381 e. The molecule has 1 aromatic rings. The molecule has 0 spiro atoms. The summed E-state index contributed by atoms with van der Waals surface area (Å²) < 4.78 is 11.8. The molecular weight excluding hydrogens is 461 g/mol. The zero-order chi connectivity index (χ0) is 22.8. The first-order valence-corrected chi connectivity index (χ1v) is 13.2. The lowest BCUT2D eigenvalue weighted by atomic mass is 9.89. The van der Waals surface area contributed by atoms with Crippen LogP contribution >= 0.6 is 23.2 Å². The number of benzene rings is 1. The highest BCUT2D eigenvalue weighted by Gasteiger charge is 2.48. The molecular formula is C25H35Cl2N3O3. The second-order valence-corrected chi connectivity index (χ2v) is 10.8. The molecule has 3 atom stereocenters. The van der Waals surface area contributed by atoms with Crippen LogP contribution < -0.4 is 0 Å². The number of likely N-dealkylation sites (tertiary alicyclic amines) is 1. The lowest BCUT2D eigenvalue weighted by Gasteiger charge is -2.55. The minimum atomic E-state index is 0.167. The van der Waals surface area contributed by atoms with Crippen LogP contribution in [0.4, 0.5) is 0 Å². The standard InChI is InChI=1S/C25H35Cl2N3O3/c26-20-4-3-19(13-21(20)27)14-24(31)30-10-9-29(15-18-5-11-32-12-6-18)23-17-33-16-22(25(23)30)28-7-1-2-8-28/h3-4,13,18,22-23,25H,1-2,5-12,14-17H2/t22-,23?,25+/m0/s1. The fourth-order valence-corrected chi connectivity index (χ4v) is 6.47. The number of carbonyl (C=O) groups excluding carboxylic acids is 1. The van der Waals surface area contributed by atoms with Crippen molar-refractivity contribution in [3.8, 4) is 0 Å². The van der Waals surface area contributed by atoms with Crippen molar-refractivity contribution in [1.82, 2.24) is 14.7 Å². The van der Waals surface area contributed by atoms with E-state index in [0.717, 1.165) is 64.3 Å². The quantitative estimate of drug-likeness (QED) is 0.626. The summed E-state index contributed by atoms with van der Waals surface area (Å²) in [4.78, 5) is 21.0. The van der Waals surface area contributed by atoms with Crippen molar-refractivity contribution >= 4 is 29.1 Å². The van der Waals surface area contributed by atoms with Gasteiger partial charge in [0.2, 0.25) is 5.91 Å². The molecule has 33 heavy (non-hydrogen) atoms. The predicted molar refractivity (Wildman–Crippen MR) is 130 cm³/mol. The minimum Gasteiger partial charge on any atom is -0.381 e. The molecule has 1 amide bonds. The fourth-order valence-electron chi connectivity index (χ4n) is 6.15. The van der Waals surface area contributed by atoms with E-state index >= 15 is 0 Å². The predicted octanol–water partition coefficient (Wildman–Crippen LogP) is 3.34. The van der Waals surface area contributed by atoms with E-state index in [1.54, 1.807) is 6.07 Å². The summed E-state index contributed by atoms with van der Waals surface area (Å²) in [5.74, 6) is 0.852. The van der Waals surface area contributed by atoms with Gasteiger partial charge in [-0.3, -0.25) is 14.6 Å². The summed E-state index contributed by atoms with van der Waals surface area (Å²) in [7, 11) is 0. The monoisotopic (exact) mass is 495 g/mol. The number of hydrogen-bond donors (Lipinski definition) is 0. The maximum absolute atomic E-state index is 13.6. The van der Waals surface area contributed by atoms with E-state index in [4.69, 9.17) is 32.7 Å². The zero-order valence-corrected chi connectivity index (χ0v) is 20.8. The van der Waals surface area contributed by atoms with Crippen LogP contribution in [0.15, 0.2) is 18.2 Å². The molecule has 1 aromatic carbocycles. The van der Waals surface area contributed by atoms with Crippen LogP contribution in [0.2, 0.25) is 10.0 Å². The van der Waals surface area contributed by atoms with E-state index < -0.39 is 0 Å². The van der Waals surface area contributed by atoms with Crippen LogP contribution in [0.1, 0.15) is 31.2 Å². The number of ether oxygens (including phenoxy) is 2. The van der Waals surface area contributed by atoms with Crippen LogP contribution in [0, 0.1) is 5.92 Å². The molecule has 4 saturated heterocycles.